The molecule has 6 heteroatoms. The molecule has 0 rings (SSSR count). The first-order valence-corrected chi connectivity index (χ1v) is 4.09. The SMILES string of the molecule is CC(NN)S(C)(=O)=O.Cl. The third-order valence-corrected chi connectivity index (χ3v) is 2.30. The quantitative estimate of drug-likeness (QED) is 0.428. The number of hydrogen-bond donors (Lipinski definition) is 2. The Hall–Kier alpha value is 0.160. The lowest BCUT2D eigenvalue weighted by Crippen LogP contribution is -2.38. The normalized spacial score (nSPS) is 14.1. The highest BCUT2D eigenvalue weighted by molar-refractivity contribution is 7.91. The van der Waals surface area contributed by atoms with Crippen molar-refractivity contribution in [2.45, 2.75) is 12.3 Å². The molecule has 9 heavy (non-hydrogen) atoms. The monoisotopic (exact) mass is 174 g/mol. The molecule has 0 aliphatic rings. The zero-order valence-electron chi connectivity index (χ0n) is 5.29. The molecule has 0 spiro atoms. The second-order valence-corrected chi connectivity index (χ2v) is 4.00. The van der Waals surface area contributed by atoms with E-state index in [9.17, 15) is 8.42 Å². The molecule has 0 amide bonds. The molecule has 0 aromatic heterocycles. The molecule has 1 unspecified atom stereocenters. The summed E-state index contributed by atoms with van der Waals surface area (Å²) in [5, 5.41) is -0.650. The second-order valence-electron chi connectivity index (χ2n) is 1.64. The number of hydrogen-bond acceptors (Lipinski definition) is 4. The first-order chi connectivity index (χ1) is 3.48. The Labute approximate surface area is 61.1 Å². The fraction of sp³-hybridized carbons (Fsp3) is 1.00. The van der Waals surface area contributed by atoms with Gasteiger partial charge >= 0.3 is 0 Å². The summed E-state index contributed by atoms with van der Waals surface area (Å²) in [7, 11) is -2.99. The number of sulfone groups is 1. The van der Waals surface area contributed by atoms with Crippen LogP contribution >= 0.6 is 12.4 Å². The van der Waals surface area contributed by atoms with Gasteiger partial charge in [-0.1, -0.05) is 0 Å². The van der Waals surface area contributed by atoms with Gasteiger partial charge in [-0.2, -0.15) is 0 Å². The topological polar surface area (TPSA) is 72.2 Å². The van der Waals surface area contributed by atoms with Crippen molar-refractivity contribution in [3.8, 4) is 0 Å². The number of hydrazine groups is 1. The molecule has 0 aromatic carbocycles. The van der Waals surface area contributed by atoms with E-state index < -0.39 is 15.2 Å². The van der Waals surface area contributed by atoms with Crippen LogP contribution in [-0.2, 0) is 9.84 Å². The van der Waals surface area contributed by atoms with Crippen LogP contribution < -0.4 is 11.3 Å². The van der Waals surface area contributed by atoms with Gasteiger partial charge in [-0.05, 0) is 6.92 Å². The highest BCUT2D eigenvalue weighted by atomic mass is 35.5. The Morgan fingerprint density at radius 3 is 1.89 bits per heavy atom. The summed E-state index contributed by atoms with van der Waals surface area (Å²) in [6, 6.07) is 0. The summed E-state index contributed by atoms with van der Waals surface area (Å²) in [6.45, 7) is 1.48. The number of rotatable bonds is 2. The van der Waals surface area contributed by atoms with Gasteiger partial charge in [0, 0.05) is 6.26 Å². The molecular formula is C3H11ClN2O2S. The number of nitrogens with one attached hydrogen (secondary N) is 1. The van der Waals surface area contributed by atoms with E-state index in [1.54, 1.807) is 0 Å². The molecular weight excluding hydrogens is 164 g/mol. The van der Waals surface area contributed by atoms with Crippen molar-refractivity contribution in [3.63, 3.8) is 0 Å². The fourth-order valence-electron chi connectivity index (χ4n) is 0.124. The van der Waals surface area contributed by atoms with Crippen molar-refractivity contribution in [2.75, 3.05) is 6.26 Å². The Morgan fingerprint density at radius 2 is 1.89 bits per heavy atom. The van der Waals surface area contributed by atoms with E-state index >= 15 is 0 Å². The molecule has 0 bridgehead atoms. The van der Waals surface area contributed by atoms with Crippen LogP contribution in [0.3, 0.4) is 0 Å². The average molecular weight is 175 g/mol. The van der Waals surface area contributed by atoms with Crippen molar-refractivity contribution in [1.82, 2.24) is 5.43 Å². The maximum Gasteiger partial charge on any atom is 0.164 e. The lowest BCUT2D eigenvalue weighted by atomic mass is 10.8. The van der Waals surface area contributed by atoms with Crippen molar-refractivity contribution in [2.24, 2.45) is 5.84 Å². The molecule has 0 radical (unpaired) electrons. The van der Waals surface area contributed by atoms with Gasteiger partial charge in [0.25, 0.3) is 0 Å². The van der Waals surface area contributed by atoms with Crippen molar-refractivity contribution in [1.29, 1.82) is 0 Å². The van der Waals surface area contributed by atoms with E-state index in [-0.39, 0.29) is 12.4 Å². The molecule has 4 nitrogen and oxygen atoms in total. The highest BCUT2D eigenvalue weighted by Crippen LogP contribution is 1.88. The Morgan fingerprint density at radius 1 is 1.56 bits per heavy atom. The van der Waals surface area contributed by atoms with Crippen LogP contribution in [0.4, 0.5) is 0 Å². The minimum absolute atomic E-state index is 0. The van der Waals surface area contributed by atoms with Crippen LogP contribution in [0.25, 0.3) is 0 Å². The van der Waals surface area contributed by atoms with Gasteiger partial charge in [0.05, 0.1) is 0 Å². The molecule has 3 N–H and O–H groups in total. The third kappa shape index (κ3) is 4.65. The summed E-state index contributed by atoms with van der Waals surface area (Å²) in [5.74, 6) is 4.83. The van der Waals surface area contributed by atoms with Crippen LogP contribution in [0.5, 0.6) is 0 Å². The van der Waals surface area contributed by atoms with E-state index in [2.05, 4.69) is 5.43 Å². The molecule has 58 valence electrons. The first kappa shape index (κ1) is 11.9. The molecule has 1 atom stereocenters. The zero-order chi connectivity index (χ0) is 6.78. The first-order valence-electron chi connectivity index (χ1n) is 2.13. The Balaban J connectivity index is 0. The predicted molar refractivity (Wildman–Crippen MR) is 38.9 cm³/mol. The summed E-state index contributed by atoms with van der Waals surface area (Å²) in [5.41, 5.74) is 2.12. The van der Waals surface area contributed by atoms with Crippen LogP contribution in [0.1, 0.15) is 6.92 Å². The molecule has 0 fully saturated rings. The number of halogens is 1. The zero-order valence-corrected chi connectivity index (χ0v) is 6.92. The minimum atomic E-state index is -2.99. The molecule has 0 aliphatic heterocycles. The summed E-state index contributed by atoms with van der Waals surface area (Å²) < 4.78 is 20.8. The van der Waals surface area contributed by atoms with Crippen LogP contribution in [-0.4, -0.2) is 20.0 Å². The van der Waals surface area contributed by atoms with Crippen molar-refractivity contribution < 1.29 is 8.42 Å². The second kappa shape index (κ2) is 4.05. The summed E-state index contributed by atoms with van der Waals surface area (Å²) in [4.78, 5) is 0. The Kier molecular flexibility index (Phi) is 5.36. The largest absolute Gasteiger partial charge is 0.270 e. The fourth-order valence-corrected chi connectivity index (χ4v) is 0.371. The van der Waals surface area contributed by atoms with E-state index in [0.717, 1.165) is 6.26 Å². The van der Waals surface area contributed by atoms with E-state index in [1.165, 1.54) is 6.92 Å². The van der Waals surface area contributed by atoms with Crippen LogP contribution in [0.15, 0.2) is 0 Å². The molecule has 0 aliphatic carbocycles. The van der Waals surface area contributed by atoms with Crippen LogP contribution in [0, 0.1) is 0 Å². The maximum absolute atomic E-state index is 10.4. The maximum atomic E-state index is 10.4. The minimum Gasteiger partial charge on any atom is -0.270 e. The van der Waals surface area contributed by atoms with Gasteiger partial charge in [0.2, 0.25) is 0 Å². The molecule has 0 saturated heterocycles. The van der Waals surface area contributed by atoms with Crippen molar-refractivity contribution in [3.05, 3.63) is 0 Å². The highest BCUT2D eigenvalue weighted by Gasteiger charge is 2.10. The lowest BCUT2D eigenvalue weighted by molar-refractivity contribution is 0.571. The molecule has 0 saturated carbocycles. The van der Waals surface area contributed by atoms with Gasteiger partial charge in [0.1, 0.15) is 5.37 Å². The van der Waals surface area contributed by atoms with E-state index in [4.69, 9.17) is 5.84 Å². The lowest BCUT2D eigenvalue weighted by Gasteiger charge is -2.04. The summed E-state index contributed by atoms with van der Waals surface area (Å²) in [6.07, 6.45) is 1.12. The molecule has 0 aromatic rings. The van der Waals surface area contributed by atoms with Crippen LogP contribution in [0.2, 0.25) is 0 Å². The van der Waals surface area contributed by atoms with E-state index in [0.29, 0.717) is 0 Å². The van der Waals surface area contributed by atoms with Gasteiger partial charge in [-0.15, -0.1) is 12.4 Å². The third-order valence-electron chi connectivity index (χ3n) is 0.877. The van der Waals surface area contributed by atoms with Gasteiger partial charge in [-0.3, -0.25) is 5.84 Å². The van der Waals surface area contributed by atoms with Gasteiger partial charge in [-0.25, -0.2) is 13.8 Å². The van der Waals surface area contributed by atoms with Gasteiger partial charge in [0.15, 0.2) is 9.84 Å². The Bertz CT molecular complexity index is 155. The van der Waals surface area contributed by atoms with Crippen molar-refractivity contribution >= 4 is 22.2 Å². The van der Waals surface area contributed by atoms with Gasteiger partial charge < -0.3 is 0 Å². The summed E-state index contributed by atoms with van der Waals surface area (Å²) >= 11 is 0. The molecule has 0 heterocycles. The standard InChI is InChI=1S/C3H10N2O2S.ClH/c1-3(5-4)8(2,6)7;/h3,5H,4H2,1-2H3;1H. The average Bonchev–Trinajstić information content (AvgIpc) is 1.62. The van der Waals surface area contributed by atoms with E-state index in [1.807, 2.05) is 0 Å². The smallest absolute Gasteiger partial charge is 0.164 e. The number of nitrogens with two attached hydrogens (primary N) is 1. The predicted octanol–water partition coefficient (Wildman–Crippen LogP) is -0.738.